The molecule has 0 spiro atoms. The van der Waals surface area contributed by atoms with Gasteiger partial charge in [-0.15, -0.1) is 0 Å². The number of amides is 1. The third-order valence-electron chi connectivity index (χ3n) is 4.63. The van der Waals surface area contributed by atoms with Gasteiger partial charge in [0.2, 0.25) is 5.54 Å². The molecule has 1 amide bonds. The zero-order valence-corrected chi connectivity index (χ0v) is 14.2. The Morgan fingerprint density at radius 2 is 1.41 bits per heavy atom. The number of hydrogen-bond acceptors (Lipinski definition) is 3. The first-order valence-corrected chi connectivity index (χ1v) is 8.35. The fraction of sp³-hybridized carbons (Fsp3) is 0.0476. The third-order valence-corrected chi connectivity index (χ3v) is 4.63. The zero-order chi connectivity index (χ0) is 18.9. The molecule has 6 heteroatoms. The molecule has 0 radical (unpaired) electrons. The summed E-state index contributed by atoms with van der Waals surface area (Å²) < 4.78 is 0. The molecule has 1 atom stereocenters. The highest BCUT2D eigenvalue weighted by Gasteiger charge is 2.54. The molecule has 130 valence electrons. The van der Waals surface area contributed by atoms with E-state index in [4.69, 9.17) is 0 Å². The standard InChI is InChI=1S/C21H14N4O2/c22-24-23-21(15-9-3-1-4-10-15)19(26)17-13-7-8-14-18(17)25(20(21)27)16-11-5-2-6-12-16/h1-14H. The minimum Gasteiger partial charge on any atom is -0.292 e. The number of para-hydroxylation sites is 2. The van der Waals surface area contributed by atoms with Gasteiger partial charge in [0.15, 0.2) is 5.78 Å². The van der Waals surface area contributed by atoms with Crippen molar-refractivity contribution < 1.29 is 9.59 Å². The molecule has 3 aromatic carbocycles. The molecule has 0 bridgehead atoms. The fourth-order valence-electron chi connectivity index (χ4n) is 3.40. The second kappa shape index (κ2) is 6.44. The van der Waals surface area contributed by atoms with Crippen molar-refractivity contribution in [3.05, 3.63) is 106 Å². The quantitative estimate of drug-likeness (QED) is 0.294. The van der Waals surface area contributed by atoms with E-state index in [0.717, 1.165) is 0 Å². The van der Waals surface area contributed by atoms with Crippen molar-refractivity contribution in [1.82, 2.24) is 0 Å². The van der Waals surface area contributed by atoms with E-state index in [1.807, 2.05) is 6.07 Å². The topological polar surface area (TPSA) is 86.1 Å². The van der Waals surface area contributed by atoms with E-state index in [1.54, 1.807) is 78.9 Å². The number of ketones is 1. The van der Waals surface area contributed by atoms with Gasteiger partial charge in [0, 0.05) is 16.2 Å². The normalized spacial score (nSPS) is 18.6. The smallest absolute Gasteiger partial charge is 0.256 e. The maximum atomic E-state index is 13.7. The Balaban J connectivity index is 2.06. The molecule has 0 aromatic heterocycles. The highest BCUT2D eigenvalue weighted by atomic mass is 16.2. The number of carbonyl (C=O) groups excluding carboxylic acids is 2. The number of hydrogen-bond donors (Lipinski definition) is 0. The highest BCUT2D eigenvalue weighted by molar-refractivity contribution is 6.30. The van der Waals surface area contributed by atoms with E-state index in [1.165, 1.54) is 4.90 Å². The van der Waals surface area contributed by atoms with E-state index in [9.17, 15) is 15.1 Å². The predicted octanol–water partition coefficient (Wildman–Crippen LogP) is 4.75. The van der Waals surface area contributed by atoms with Crippen molar-refractivity contribution in [3.8, 4) is 0 Å². The highest BCUT2D eigenvalue weighted by Crippen LogP contribution is 2.44. The summed E-state index contributed by atoms with van der Waals surface area (Å²) in [7, 11) is 0. The average molecular weight is 354 g/mol. The van der Waals surface area contributed by atoms with Crippen molar-refractivity contribution in [2.75, 3.05) is 4.90 Å². The molecular weight excluding hydrogens is 340 g/mol. The van der Waals surface area contributed by atoms with Gasteiger partial charge in [0.05, 0.1) is 5.69 Å². The van der Waals surface area contributed by atoms with Gasteiger partial charge in [0.25, 0.3) is 5.91 Å². The Kier molecular flexibility index (Phi) is 3.95. The number of rotatable bonds is 3. The molecule has 1 aliphatic heterocycles. The largest absolute Gasteiger partial charge is 0.292 e. The van der Waals surface area contributed by atoms with E-state index >= 15 is 0 Å². The maximum absolute atomic E-state index is 13.7. The van der Waals surface area contributed by atoms with Crippen LogP contribution in [0.3, 0.4) is 0 Å². The SMILES string of the molecule is [N-]=[N+]=NC1(c2ccccc2)C(=O)c2ccccc2N(c2ccccc2)C1=O. The number of nitrogens with zero attached hydrogens (tertiary/aromatic N) is 4. The Morgan fingerprint density at radius 1 is 0.815 bits per heavy atom. The minimum atomic E-state index is -1.99. The van der Waals surface area contributed by atoms with Gasteiger partial charge in [-0.3, -0.25) is 14.5 Å². The summed E-state index contributed by atoms with van der Waals surface area (Å²) in [6, 6.07) is 24.3. The first kappa shape index (κ1) is 16.6. The maximum Gasteiger partial charge on any atom is 0.256 e. The van der Waals surface area contributed by atoms with Crippen LogP contribution in [0.1, 0.15) is 15.9 Å². The molecule has 0 aliphatic carbocycles. The van der Waals surface area contributed by atoms with Crippen molar-refractivity contribution in [2.24, 2.45) is 5.11 Å². The van der Waals surface area contributed by atoms with Gasteiger partial charge < -0.3 is 0 Å². The van der Waals surface area contributed by atoms with Gasteiger partial charge in [-0.05, 0) is 35.4 Å². The summed E-state index contributed by atoms with van der Waals surface area (Å²) in [4.78, 5) is 31.4. The molecule has 1 heterocycles. The van der Waals surface area contributed by atoms with Crippen LogP contribution in [0.2, 0.25) is 0 Å². The minimum absolute atomic E-state index is 0.331. The fourth-order valence-corrected chi connectivity index (χ4v) is 3.40. The lowest BCUT2D eigenvalue weighted by Crippen LogP contribution is -2.53. The number of benzene rings is 3. The molecule has 1 aliphatic rings. The summed E-state index contributed by atoms with van der Waals surface area (Å²) in [5.74, 6) is -1.12. The summed E-state index contributed by atoms with van der Waals surface area (Å²) in [5.41, 5.74) is 8.97. The van der Waals surface area contributed by atoms with E-state index < -0.39 is 17.2 Å². The predicted molar refractivity (Wildman–Crippen MR) is 102 cm³/mol. The molecule has 4 rings (SSSR count). The monoisotopic (exact) mass is 354 g/mol. The molecule has 0 N–H and O–H groups in total. The van der Waals surface area contributed by atoms with Crippen molar-refractivity contribution in [2.45, 2.75) is 5.54 Å². The number of azide groups is 1. The van der Waals surface area contributed by atoms with Gasteiger partial charge >= 0.3 is 0 Å². The van der Waals surface area contributed by atoms with E-state index in [2.05, 4.69) is 10.0 Å². The lowest BCUT2D eigenvalue weighted by molar-refractivity contribution is -0.121. The van der Waals surface area contributed by atoms with Gasteiger partial charge in [-0.1, -0.05) is 65.8 Å². The van der Waals surface area contributed by atoms with E-state index in [0.29, 0.717) is 22.5 Å². The van der Waals surface area contributed by atoms with Crippen LogP contribution >= 0.6 is 0 Å². The Bertz CT molecular complexity index is 1080. The van der Waals surface area contributed by atoms with Crippen LogP contribution in [-0.4, -0.2) is 11.7 Å². The number of fused-ring (bicyclic) bond motifs is 1. The first-order chi connectivity index (χ1) is 13.2. The lowest BCUT2D eigenvalue weighted by Gasteiger charge is -2.38. The summed E-state index contributed by atoms with van der Waals surface area (Å²) in [5, 5.41) is 3.76. The molecule has 27 heavy (non-hydrogen) atoms. The number of Topliss-reactive ketones (excluding diaryl/α,β-unsaturated/α-hetero) is 1. The van der Waals surface area contributed by atoms with Crippen molar-refractivity contribution in [3.63, 3.8) is 0 Å². The van der Waals surface area contributed by atoms with Crippen LogP contribution in [0.5, 0.6) is 0 Å². The van der Waals surface area contributed by atoms with Crippen LogP contribution in [-0.2, 0) is 10.3 Å². The second-order valence-electron chi connectivity index (χ2n) is 6.09. The number of anilines is 2. The molecule has 1 unspecified atom stereocenters. The van der Waals surface area contributed by atoms with Gasteiger partial charge in [-0.2, -0.15) is 0 Å². The second-order valence-corrected chi connectivity index (χ2v) is 6.09. The molecular formula is C21H14N4O2. The van der Waals surface area contributed by atoms with Crippen LogP contribution in [0, 0.1) is 0 Å². The first-order valence-electron chi connectivity index (χ1n) is 8.35. The lowest BCUT2D eigenvalue weighted by atomic mass is 9.78. The summed E-state index contributed by atoms with van der Waals surface area (Å²) in [6.07, 6.45) is 0. The van der Waals surface area contributed by atoms with Crippen LogP contribution < -0.4 is 4.90 Å². The third kappa shape index (κ3) is 2.39. The molecule has 0 fully saturated rings. The summed E-state index contributed by atoms with van der Waals surface area (Å²) in [6.45, 7) is 0. The Morgan fingerprint density at radius 3 is 2.07 bits per heavy atom. The average Bonchev–Trinajstić information content (AvgIpc) is 2.73. The van der Waals surface area contributed by atoms with Crippen molar-refractivity contribution in [1.29, 1.82) is 0 Å². The van der Waals surface area contributed by atoms with Gasteiger partial charge in [0.1, 0.15) is 0 Å². The van der Waals surface area contributed by atoms with Gasteiger partial charge in [-0.25, -0.2) is 0 Å². The molecule has 0 saturated heterocycles. The summed E-state index contributed by atoms with van der Waals surface area (Å²) >= 11 is 0. The zero-order valence-electron chi connectivity index (χ0n) is 14.2. The van der Waals surface area contributed by atoms with Crippen LogP contribution in [0.25, 0.3) is 10.4 Å². The number of carbonyl (C=O) groups is 2. The Labute approximate surface area is 155 Å². The molecule has 0 saturated carbocycles. The van der Waals surface area contributed by atoms with E-state index in [-0.39, 0.29) is 0 Å². The molecule has 6 nitrogen and oxygen atoms in total. The Hall–Kier alpha value is -3.89. The van der Waals surface area contributed by atoms with Crippen molar-refractivity contribution >= 4 is 23.1 Å². The van der Waals surface area contributed by atoms with Crippen LogP contribution in [0.15, 0.2) is 90.0 Å². The molecule has 3 aromatic rings. The van der Waals surface area contributed by atoms with Crippen LogP contribution in [0.4, 0.5) is 11.4 Å².